The van der Waals surface area contributed by atoms with Gasteiger partial charge in [-0.15, -0.1) is 0 Å². The van der Waals surface area contributed by atoms with Gasteiger partial charge in [-0.2, -0.15) is 0 Å². The summed E-state index contributed by atoms with van der Waals surface area (Å²) in [6, 6.07) is 10.1. The first kappa shape index (κ1) is 42.5. The molecule has 0 radical (unpaired) electrons. The van der Waals surface area contributed by atoms with Crippen molar-refractivity contribution in [1.82, 2.24) is 0 Å². The maximum absolute atomic E-state index is 13.2. The molecular weight excluding hydrogens is 641 g/mol. The van der Waals surface area contributed by atoms with Gasteiger partial charge in [-0.25, -0.2) is 0 Å². The number of aliphatic hydroxyl groups is 1. The monoisotopic (exact) mass is 710 g/mol. The van der Waals surface area contributed by atoms with Crippen LogP contribution in [0.25, 0.3) is 0 Å². The van der Waals surface area contributed by atoms with Crippen molar-refractivity contribution < 1.29 is 32.6 Å². The lowest BCUT2D eigenvalue weighted by Gasteiger charge is -2.44. The predicted molar refractivity (Wildman–Crippen MR) is 202 cm³/mol. The molecule has 10 heteroatoms. The zero-order valence-corrected chi connectivity index (χ0v) is 36.1. The third kappa shape index (κ3) is 11.4. The Bertz CT molecular complexity index is 1160. The van der Waals surface area contributed by atoms with Crippen LogP contribution in [0, 0.1) is 0 Å². The van der Waals surface area contributed by atoms with E-state index < -0.39 is 48.5 Å². The highest BCUT2D eigenvalue weighted by atomic mass is 28.4. The van der Waals surface area contributed by atoms with E-state index in [2.05, 4.69) is 102 Å². The summed E-state index contributed by atoms with van der Waals surface area (Å²) in [6.07, 6.45) is 0.721. The van der Waals surface area contributed by atoms with Crippen LogP contribution in [0.1, 0.15) is 81.7 Å². The summed E-state index contributed by atoms with van der Waals surface area (Å²) in [7, 11) is -6.55. The number of ether oxygens (including phenoxy) is 3. The summed E-state index contributed by atoms with van der Waals surface area (Å²) in [5.74, 6) is -0.931. The van der Waals surface area contributed by atoms with E-state index in [0.717, 1.165) is 5.56 Å². The first-order valence-corrected chi connectivity index (χ1v) is 26.1. The van der Waals surface area contributed by atoms with E-state index in [1.54, 1.807) is 0 Å². The summed E-state index contributed by atoms with van der Waals surface area (Å²) >= 11 is 0. The lowest BCUT2D eigenvalue weighted by Crippen LogP contribution is -2.57. The van der Waals surface area contributed by atoms with Gasteiger partial charge in [0.2, 0.25) is 0 Å². The quantitative estimate of drug-likeness (QED) is 0.144. The minimum absolute atomic E-state index is 0.00568. The molecule has 0 aromatic heterocycles. The van der Waals surface area contributed by atoms with Crippen LogP contribution in [-0.4, -0.2) is 80.1 Å². The maximum Gasteiger partial charge on any atom is 0.192 e. The second-order valence-electron chi connectivity index (χ2n) is 18.4. The van der Waals surface area contributed by atoms with Gasteiger partial charge in [0.15, 0.2) is 30.7 Å². The summed E-state index contributed by atoms with van der Waals surface area (Å²) in [6.45, 7) is 38.5. The second-order valence-corrected chi connectivity index (χ2v) is 32.8. The van der Waals surface area contributed by atoms with E-state index in [1.165, 1.54) is 0 Å². The minimum Gasteiger partial charge on any atom is -0.413 e. The molecule has 0 unspecified atom stereocenters. The largest absolute Gasteiger partial charge is 0.413 e. The normalized spacial score (nSPS) is 21.6. The van der Waals surface area contributed by atoms with Gasteiger partial charge in [-0.05, 0) is 79.4 Å². The van der Waals surface area contributed by atoms with Gasteiger partial charge in [-0.1, -0.05) is 98.7 Å². The van der Waals surface area contributed by atoms with Crippen LogP contribution in [0.3, 0.4) is 0 Å². The van der Waals surface area contributed by atoms with E-state index in [-0.39, 0.29) is 34.9 Å². The third-order valence-corrected chi connectivity index (χ3v) is 24.5. The van der Waals surface area contributed by atoms with Crippen molar-refractivity contribution in [2.24, 2.45) is 0 Å². The van der Waals surface area contributed by atoms with Gasteiger partial charge in [-0.3, -0.25) is 0 Å². The molecule has 1 aromatic rings. The van der Waals surface area contributed by atoms with Crippen molar-refractivity contribution in [3.05, 3.63) is 47.5 Å². The highest BCUT2D eigenvalue weighted by Crippen LogP contribution is 2.43. The van der Waals surface area contributed by atoms with Crippen LogP contribution >= 0.6 is 0 Å². The standard InChI is InChI=1S/C37H70O7Si3/c1-33(2,3)45(12,13)40-24-23-30(26-41-46(14,15)34(4,5)6)37(38,28-42-47(16,17)35(7,8)9)32-31(43-36(10,11)44-32)27-39-25-29-21-19-18-20-22-29/h18-23,31-32,38H,24-28H2,1-17H3/b30-23+/t31-,32+,37-/m1/s1. The highest BCUT2D eigenvalue weighted by molar-refractivity contribution is 6.74. The fraction of sp³-hybridized carbons (Fsp3) is 0.784. The van der Waals surface area contributed by atoms with E-state index in [1.807, 2.05) is 50.3 Å². The Kier molecular flexibility index (Phi) is 13.8. The molecule has 0 bridgehead atoms. The van der Waals surface area contributed by atoms with Crippen molar-refractivity contribution in [2.45, 2.75) is 161 Å². The zero-order valence-electron chi connectivity index (χ0n) is 33.1. The Hall–Kier alpha value is -0.669. The molecule has 1 fully saturated rings. The van der Waals surface area contributed by atoms with Crippen LogP contribution < -0.4 is 0 Å². The molecule has 1 heterocycles. The molecule has 1 aromatic carbocycles. The predicted octanol–water partition coefficient (Wildman–Crippen LogP) is 9.45. The van der Waals surface area contributed by atoms with Crippen LogP contribution in [0.2, 0.25) is 54.4 Å². The molecule has 1 aliphatic heterocycles. The maximum atomic E-state index is 13.2. The number of hydrogen-bond donors (Lipinski definition) is 1. The minimum atomic E-state index is -2.29. The molecule has 0 amide bonds. The lowest BCUT2D eigenvalue weighted by molar-refractivity contribution is -0.171. The lowest BCUT2D eigenvalue weighted by atomic mass is 9.85. The summed E-state index contributed by atoms with van der Waals surface area (Å²) < 4.78 is 39.6. The van der Waals surface area contributed by atoms with Gasteiger partial charge in [0.25, 0.3) is 0 Å². The van der Waals surface area contributed by atoms with Gasteiger partial charge in [0.1, 0.15) is 17.8 Å². The Morgan fingerprint density at radius 3 is 1.77 bits per heavy atom. The molecule has 1 aliphatic rings. The highest BCUT2D eigenvalue weighted by Gasteiger charge is 2.55. The van der Waals surface area contributed by atoms with Crippen LogP contribution in [-0.2, 0) is 34.1 Å². The van der Waals surface area contributed by atoms with Gasteiger partial charge >= 0.3 is 0 Å². The third-order valence-electron chi connectivity index (χ3n) is 11.0. The number of rotatable bonds is 15. The van der Waals surface area contributed by atoms with E-state index in [0.29, 0.717) is 18.8 Å². The Balaban J connectivity index is 2.62. The molecule has 0 aliphatic carbocycles. The van der Waals surface area contributed by atoms with Gasteiger partial charge < -0.3 is 32.6 Å². The molecule has 1 saturated heterocycles. The topological polar surface area (TPSA) is 75.6 Å². The average Bonchev–Trinajstić information content (AvgIpc) is 3.22. The number of hydrogen-bond acceptors (Lipinski definition) is 7. The van der Waals surface area contributed by atoms with Crippen molar-refractivity contribution in [2.75, 3.05) is 26.4 Å². The Morgan fingerprint density at radius 2 is 1.26 bits per heavy atom. The average molecular weight is 711 g/mol. The van der Waals surface area contributed by atoms with Gasteiger partial charge in [0, 0.05) is 0 Å². The Labute approximate surface area is 291 Å². The van der Waals surface area contributed by atoms with E-state index >= 15 is 0 Å². The molecule has 0 saturated carbocycles. The summed E-state index contributed by atoms with van der Waals surface area (Å²) in [4.78, 5) is 0. The van der Waals surface area contributed by atoms with Gasteiger partial charge in [0.05, 0.1) is 33.0 Å². The van der Waals surface area contributed by atoms with Crippen molar-refractivity contribution in [3.8, 4) is 0 Å². The van der Waals surface area contributed by atoms with E-state index in [4.69, 9.17) is 27.5 Å². The van der Waals surface area contributed by atoms with Crippen LogP contribution in [0.5, 0.6) is 0 Å². The fourth-order valence-electron chi connectivity index (χ4n) is 4.50. The fourth-order valence-corrected chi connectivity index (χ4v) is 7.39. The van der Waals surface area contributed by atoms with Crippen molar-refractivity contribution in [3.63, 3.8) is 0 Å². The van der Waals surface area contributed by atoms with E-state index in [9.17, 15) is 5.11 Å². The molecule has 1 N–H and O–H groups in total. The molecule has 3 atom stereocenters. The first-order valence-electron chi connectivity index (χ1n) is 17.4. The zero-order chi connectivity index (χ0) is 36.3. The molecular formula is C37H70O7Si3. The van der Waals surface area contributed by atoms with Crippen LogP contribution in [0.15, 0.2) is 42.0 Å². The molecule has 7 nitrogen and oxygen atoms in total. The van der Waals surface area contributed by atoms with Crippen LogP contribution in [0.4, 0.5) is 0 Å². The van der Waals surface area contributed by atoms with Crippen molar-refractivity contribution >= 4 is 25.0 Å². The SMILES string of the molecule is CC1(C)O[C@H](COCc2ccccc2)[C@@H]([C@@](O)(CO[Si](C)(C)C(C)(C)C)/C(=C/CO[Si](C)(C)C(C)(C)C)CO[Si](C)(C)C(C)(C)C)O1. The number of benzene rings is 1. The molecule has 47 heavy (non-hydrogen) atoms. The smallest absolute Gasteiger partial charge is 0.192 e. The molecule has 0 spiro atoms. The summed E-state index contributed by atoms with van der Waals surface area (Å²) in [5.41, 5.74) is 0.215. The Morgan fingerprint density at radius 1 is 0.766 bits per heavy atom. The van der Waals surface area contributed by atoms with Crippen molar-refractivity contribution in [1.29, 1.82) is 0 Å². The summed E-state index contributed by atoms with van der Waals surface area (Å²) in [5, 5.41) is 13.2. The second kappa shape index (κ2) is 15.3. The molecule has 272 valence electrons. The molecule has 2 rings (SSSR count). The first-order chi connectivity index (χ1) is 21.0.